The third kappa shape index (κ3) is 4.22. The van der Waals surface area contributed by atoms with Gasteiger partial charge in [-0.3, -0.25) is 9.59 Å². The predicted octanol–water partition coefficient (Wildman–Crippen LogP) is 4.20. The quantitative estimate of drug-likeness (QED) is 0.241. The van der Waals surface area contributed by atoms with Gasteiger partial charge in [-0.25, -0.2) is 4.68 Å². The number of benzene rings is 3. The van der Waals surface area contributed by atoms with Crippen molar-refractivity contribution in [3.63, 3.8) is 0 Å². The molecule has 2 aromatic heterocycles. The molecule has 0 unspecified atom stereocenters. The van der Waals surface area contributed by atoms with Crippen LogP contribution in [-0.4, -0.2) is 38.3 Å². The van der Waals surface area contributed by atoms with Crippen LogP contribution in [0.15, 0.2) is 87.2 Å². The van der Waals surface area contributed by atoms with E-state index >= 15 is 0 Å². The van der Waals surface area contributed by atoms with E-state index in [1.807, 2.05) is 36.4 Å². The summed E-state index contributed by atoms with van der Waals surface area (Å²) >= 11 is 1.13. The van der Waals surface area contributed by atoms with E-state index in [-0.39, 0.29) is 35.0 Å². The molecule has 0 radical (unpaired) electrons. The number of hydrogen-bond acceptors (Lipinski definition) is 9. The molecule has 0 saturated heterocycles. The van der Waals surface area contributed by atoms with Crippen molar-refractivity contribution >= 4 is 28.3 Å². The molecule has 36 heavy (non-hydrogen) atoms. The summed E-state index contributed by atoms with van der Waals surface area (Å²) in [6.45, 7) is 0.450. The molecule has 5 aromatic rings. The molecule has 0 bridgehead atoms. The van der Waals surface area contributed by atoms with Crippen LogP contribution in [0.4, 0.5) is 0 Å². The highest BCUT2D eigenvalue weighted by Crippen LogP contribution is 2.33. The predicted molar refractivity (Wildman–Crippen MR) is 132 cm³/mol. The molecule has 3 aromatic carbocycles. The number of carbonyl (C=O) groups excluding carboxylic acids is 1. The number of thioether (sulfide) groups is 1. The third-order valence-electron chi connectivity index (χ3n) is 5.67. The number of rotatable bonds is 7. The molecule has 10 heteroatoms. The fourth-order valence-electron chi connectivity index (χ4n) is 3.90. The van der Waals surface area contributed by atoms with E-state index in [9.17, 15) is 9.59 Å². The Labute approximate surface area is 208 Å². The molecule has 0 spiro atoms. The van der Waals surface area contributed by atoms with Gasteiger partial charge in [0.05, 0.1) is 17.7 Å². The van der Waals surface area contributed by atoms with E-state index in [0.29, 0.717) is 40.1 Å². The maximum atomic E-state index is 13.1. The van der Waals surface area contributed by atoms with E-state index < -0.39 is 0 Å². The zero-order valence-electron chi connectivity index (χ0n) is 18.8. The number of fused-ring (bicyclic) bond motifs is 2. The number of aromatic nitrogens is 4. The van der Waals surface area contributed by atoms with E-state index in [0.717, 1.165) is 17.3 Å². The Balaban J connectivity index is 1.26. The Kier molecular flexibility index (Phi) is 5.70. The molecule has 0 N–H and O–H groups in total. The first-order valence-electron chi connectivity index (χ1n) is 11.1. The Bertz CT molecular complexity index is 1650. The number of carbonyl (C=O) groups is 1. The summed E-state index contributed by atoms with van der Waals surface area (Å²) in [4.78, 5) is 25.7. The highest BCUT2D eigenvalue weighted by atomic mass is 32.2. The molecular formula is C26H18N4O5S. The molecule has 6 rings (SSSR count). The lowest BCUT2D eigenvalue weighted by Gasteiger charge is -2.09. The summed E-state index contributed by atoms with van der Waals surface area (Å²) in [5.41, 5.74) is 1.65. The second kappa shape index (κ2) is 9.31. The van der Waals surface area contributed by atoms with Gasteiger partial charge in [0.1, 0.15) is 0 Å². The van der Waals surface area contributed by atoms with Crippen LogP contribution in [0.5, 0.6) is 11.5 Å². The first kappa shape index (κ1) is 22.1. The average Bonchev–Trinajstić information content (AvgIpc) is 3.59. The van der Waals surface area contributed by atoms with Crippen molar-refractivity contribution in [2.24, 2.45) is 0 Å². The zero-order valence-corrected chi connectivity index (χ0v) is 19.6. The molecular weight excluding hydrogens is 480 g/mol. The van der Waals surface area contributed by atoms with E-state index in [1.165, 1.54) is 4.68 Å². The minimum Gasteiger partial charge on any atom is -0.454 e. The van der Waals surface area contributed by atoms with Gasteiger partial charge in [-0.1, -0.05) is 60.3 Å². The summed E-state index contributed by atoms with van der Waals surface area (Å²) in [5.74, 6) is 1.33. The monoisotopic (exact) mass is 498 g/mol. The van der Waals surface area contributed by atoms with Crippen molar-refractivity contribution < 1.29 is 18.7 Å². The molecule has 0 amide bonds. The van der Waals surface area contributed by atoms with Crippen LogP contribution in [0, 0.1) is 0 Å². The number of ether oxygens (including phenoxy) is 2. The smallest absolute Gasteiger partial charge is 0.277 e. The van der Waals surface area contributed by atoms with Gasteiger partial charge in [-0.05, 0) is 29.8 Å². The lowest BCUT2D eigenvalue weighted by atomic mass is 10.1. The van der Waals surface area contributed by atoms with Gasteiger partial charge < -0.3 is 13.9 Å². The highest BCUT2D eigenvalue weighted by Gasteiger charge is 2.20. The maximum absolute atomic E-state index is 13.1. The third-order valence-corrected chi connectivity index (χ3v) is 6.49. The van der Waals surface area contributed by atoms with Gasteiger partial charge in [0.15, 0.2) is 23.0 Å². The summed E-state index contributed by atoms with van der Waals surface area (Å²) in [6.07, 6.45) is 0. The fourth-order valence-corrected chi connectivity index (χ4v) is 4.56. The maximum Gasteiger partial charge on any atom is 0.277 e. The first-order chi connectivity index (χ1) is 17.7. The molecule has 0 atom stereocenters. The standard InChI is InChI=1S/C26H18N4O5S/c31-20(17-10-11-21-22(12-17)34-15-33-21)14-36-26-28-27-24(35-26)23-18-8-4-5-9-19(18)25(32)30(29-23)13-16-6-2-1-3-7-16/h1-12H,13-15H2. The van der Waals surface area contributed by atoms with Crippen LogP contribution in [0.25, 0.3) is 22.4 Å². The lowest BCUT2D eigenvalue weighted by molar-refractivity contribution is 0.102. The summed E-state index contributed by atoms with van der Waals surface area (Å²) in [6, 6.07) is 21.9. The van der Waals surface area contributed by atoms with Crippen LogP contribution in [-0.2, 0) is 6.54 Å². The molecule has 0 aliphatic carbocycles. The Morgan fingerprint density at radius 2 is 1.69 bits per heavy atom. The molecule has 178 valence electrons. The van der Waals surface area contributed by atoms with Gasteiger partial charge in [0.25, 0.3) is 16.7 Å². The fraction of sp³-hybridized carbons (Fsp3) is 0.115. The van der Waals surface area contributed by atoms with Gasteiger partial charge in [0.2, 0.25) is 6.79 Å². The first-order valence-corrected chi connectivity index (χ1v) is 12.1. The van der Waals surface area contributed by atoms with E-state index in [1.54, 1.807) is 36.4 Å². The minimum absolute atomic E-state index is 0.100. The lowest BCUT2D eigenvalue weighted by Crippen LogP contribution is -2.24. The van der Waals surface area contributed by atoms with Crippen molar-refractivity contribution in [2.75, 3.05) is 12.5 Å². The van der Waals surface area contributed by atoms with Crippen molar-refractivity contribution in [2.45, 2.75) is 11.8 Å². The molecule has 9 nitrogen and oxygen atoms in total. The molecule has 0 fully saturated rings. The SMILES string of the molecule is O=C(CSc1nnc(-c2nn(Cc3ccccc3)c(=O)c3ccccc23)o1)c1ccc2c(c1)OCO2. The minimum atomic E-state index is -0.207. The van der Waals surface area contributed by atoms with Gasteiger partial charge in [0, 0.05) is 10.9 Å². The largest absolute Gasteiger partial charge is 0.454 e. The molecule has 0 saturated carbocycles. The molecule has 3 heterocycles. The number of nitrogens with zero attached hydrogens (tertiary/aromatic N) is 4. The molecule has 1 aliphatic heterocycles. The summed E-state index contributed by atoms with van der Waals surface area (Å²) in [7, 11) is 0. The second-order valence-electron chi connectivity index (χ2n) is 8.00. The van der Waals surface area contributed by atoms with Crippen LogP contribution < -0.4 is 15.0 Å². The van der Waals surface area contributed by atoms with E-state index in [2.05, 4.69) is 15.3 Å². The van der Waals surface area contributed by atoms with Crippen molar-refractivity contribution in [3.05, 3.63) is 94.3 Å². The van der Waals surface area contributed by atoms with Crippen molar-refractivity contribution in [1.29, 1.82) is 0 Å². The Hall–Kier alpha value is -4.44. The summed E-state index contributed by atoms with van der Waals surface area (Å²) < 4.78 is 17.9. The van der Waals surface area contributed by atoms with Crippen LogP contribution >= 0.6 is 11.8 Å². The number of ketones is 1. The second-order valence-corrected chi connectivity index (χ2v) is 8.92. The topological polar surface area (TPSA) is 109 Å². The Morgan fingerprint density at radius 1 is 0.917 bits per heavy atom. The zero-order chi connectivity index (χ0) is 24.5. The number of Topliss-reactive ketones (excluding diaryl/α,β-unsaturated/α-hetero) is 1. The Morgan fingerprint density at radius 3 is 2.56 bits per heavy atom. The van der Waals surface area contributed by atoms with Crippen molar-refractivity contribution in [1.82, 2.24) is 20.0 Å². The van der Waals surface area contributed by atoms with Crippen LogP contribution in [0.1, 0.15) is 15.9 Å². The highest BCUT2D eigenvalue weighted by molar-refractivity contribution is 7.99. The van der Waals surface area contributed by atoms with E-state index in [4.69, 9.17) is 13.9 Å². The molecule has 1 aliphatic rings. The van der Waals surface area contributed by atoms with Gasteiger partial charge in [-0.2, -0.15) is 5.10 Å². The number of hydrogen-bond donors (Lipinski definition) is 0. The van der Waals surface area contributed by atoms with Crippen LogP contribution in [0.2, 0.25) is 0 Å². The van der Waals surface area contributed by atoms with Crippen molar-refractivity contribution in [3.8, 4) is 23.1 Å². The normalized spacial score (nSPS) is 12.2. The summed E-state index contributed by atoms with van der Waals surface area (Å²) in [5, 5.41) is 14.1. The van der Waals surface area contributed by atoms with Gasteiger partial charge >= 0.3 is 0 Å². The average molecular weight is 499 g/mol. The van der Waals surface area contributed by atoms with Gasteiger partial charge in [-0.15, -0.1) is 10.2 Å². The van der Waals surface area contributed by atoms with Crippen LogP contribution in [0.3, 0.4) is 0 Å².